The number of piperidine rings is 1. The molecular weight excluding hydrogens is 512 g/mol. The molecule has 1 aliphatic rings. The summed E-state index contributed by atoms with van der Waals surface area (Å²) in [6.07, 6.45) is 2.39. The molecule has 7 nitrogen and oxygen atoms in total. The molecule has 2 heterocycles. The van der Waals surface area contributed by atoms with Gasteiger partial charge in [0.15, 0.2) is 0 Å². The summed E-state index contributed by atoms with van der Waals surface area (Å²) >= 11 is 8.19. The highest BCUT2D eigenvalue weighted by Crippen LogP contribution is 2.41. The summed E-state index contributed by atoms with van der Waals surface area (Å²) < 4.78 is 10.8. The Kier molecular flexibility index (Phi) is 9.18. The minimum Gasteiger partial charge on any atom is -0.497 e. The van der Waals surface area contributed by atoms with Crippen LogP contribution in [0.25, 0.3) is 10.9 Å². The number of likely N-dealkylation sites (tertiary alicyclic amines) is 1. The Hall–Kier alpha value is -2.52. The maximum absolute atomic E-state index is 12.4. The second-order valence-electron chi connectivity index (χ2n) is 9.38. The maximum Gasteiger partial charge on any atom is 0.309 e. The van der Waals surface area contributed by atoms with Gasteiger partial charge in [-0.3, -0.25) is 9.78 Å². The topological polar surface area (TPSA) is 92.1 Å². The molecule has 1 saturated heterocycles. The van der Waals surface area contributed by atoms with Crippen LogP contribution in [-0.4, -0.2) is 65.7 Å². The van der Waals surface area contributed by atoms with Crippen molar-refractivity contribution in [2.24, 2.45) is 5.41 Å². The average Bonchev–Trinajstić information content (AvgIpc) is 2.92. The number of aliphatic carboxylic acids is 1. The average molecular weight is 545 g/mol. The molecule has 37 heavy (non-hydrogen) atoms. The zero-order valence-corrected chi connectivity index (χ0v) is 22.7. The van der Waals surface area contributed by atoms with Crippen molar-refractivity contribution in [2.75, 3.05) is 39.6 Å². The monoisotopic (exact) mass is 544 g/mol. The van der Waals surface area contributed by atoms with Crippen LogP contribution < -0.4 is 9.47 Å². The smallest absolute Gasteiger partial charge is 0.309 e. The van der Waals surface area contributed by atoms with E-state index in [0.29, 0.717) is 66.0 Å². The summed E-state index contributed by atoms with van der Waals surface area (Å²) in [7, 11) is 3.25. The molecular formula is C28H33ClN2O5S. The Morgan fingerprint density at radius 1 is 1.19 bits per heavy atom. The fourth-order valence-corrected chi connectivity index (χ4v) is 6.30. The number of hydrogen-bond acceptors (Lipinski definition) is 7. The second kappa shape index (κ2) is 12.3. The van der Waals surface area contributed by atoms with Gasteiger partial charge < -0.3 is 24.6 Å². The van der Waals surface area contributed by atoms with Gasteiger partial charge in [-0.05, 0) is 69.1 Å². The Bertz CT molecular complexity index is 1230. The number of nitrogens with zero attached hydrogens (tertiary/aromatic N) is 2. The summed E-state index contributed by atoms with van der Waals surface area (Å²) in [6.45, 7) is 2.30. The van der Waals surface area contributed by atoms with Gasteiger partial charge in [0.25, 0.3) is 0 Å². The minimum atomic E-state index is -0.906. The maximum atomic E-state index is 12.4. The van der Waals surface area contributed by atoms with E-state index in [1.165, 1.54) is 6.20 Å². The van der Waals surface area contributed by atoms with Crippen LogP contribution in [0.4, 0.5) is 0 Å². The number of ether oxygens (including phenoxy) is 2. The molecule has 198 valence electrons. The van der Waals surface area contributed by atoms with Crippen LogP contribution in [0.1, 0.15) is 37.4 Å². The van der Waals surface area contributed by atoms with Crippen molar-refractivity contribution in [3.8, 4) is 11.5 Å². The molecule has 0 unspecified atom stereocenters. The summed E-state index contributed by atoms with van der Waals surface area (Å²) in [5.74, 6) is 1.62. The highest BCUT2D eigenvalue weighted by Gasteiger charge is 2.41. The van der Waals surface area contributed by atoms with Crippen molar-refractivity contribution in [1.82, 2.24) is 9.88 Å². The molecule has 1 fully saturated rings. The summed E-state index contributed by atoms with van der Waals surface area (Å²) in [6, 6.07) is 13.4. The second-order valence-corrected chi connectivity index (χ2v) is 10.9. The van der Waals surface area contributed by atoms with E-state index in [0.717, 1.165) is 22.9 Å². The molecule has 4 rings (SSSR count). The van der Waals surface area contributed by atoms with Gasteiger partial charge in [0.2, 0.25) is 0 Å². The van der Waals surface area contributed by atoms with E-state index in [2.05, 4.69) is 16.0 Å². The summed E-state index contributed by atoms with van der Waals surface area (Å²) in [5, 5.41) is 22.4. The summed E-state index contributed by atoms with van der Waals surface area (Å²) in [5.41, 5.74) is 0.406. The fraction of sp³-hybridized carbons (Fsp3) is 0.429. The number of aliphatic hydroxyl groups excluding tert-OH is 1. The number of hydrogen-bond donors (Lipinski definition) is 2. The number of halogens is 1. The molecule has 0 spiro atoms. The van der Waals surface area contributed by atoms with Gasteiger partial charge in [-0.25, -0.2) is 0 Å². The molecule has 3 aromatic rings. The molecule has 1 aromatic heterocycles. The summed E-state index contributed by atoms with van der Waals surface area (Å²) in [4.78, 5) is 20.2. The molecule has 0 radical (unpaired) electrons. The third-order valence-corrected chi connectivity index (χ3v) is 8.63. The highest BCUT2D eigenvalue weighted by atomic mass is 35.5. The third kappa shape index (κ3) is 6.32. The molecule has 0 bridgehead atoms. The number of carboxylic acid groups (broad SMARTS) is 1. The lowest BCUT2D eigenvalue weighted by Gasteiger charge is -2.39. The lowest BCUT2D eigenvalue weighted by molar-refractivity contribution is -0.153. The first-order chi connectivity index (χ1) is 17.9. The SMILES string of the molecule is COc1ccc2ncc(Cl)c([C@H](O)CCC3(C(=O)O)CCN(CCSc4ccccc4OC)CC3)c2c1. The zero-order chi connectivity index (χ0) is 26.4. The first kappa shape index (κ1) is 27.5. The number of pyridine rings is 1. The van der Waals surface area contributed by atoms with Gasteiger partial charge in [-0.15, -0.1) is 11.8 Å². The Morgan fingerprint density at radius 2 is 1.95 bits per heavy atom. The molecule has 2 N–H and O–H groups in total. The van der Waals surface area contributed by atoms with Crippen molar-refractivity contribution >= 4 is 40.2 Å². The van der Waals surface area contributed by atoms with Crippen molar-refractivity contribution in [3.63, 3.8) is 0 Å². The quantitative estimate of drug-likeness (QED) is 0.298. The lowest BCUT2D eigenvalue weighted by Crippen LogP contribution is -2.45. The van der Waals surface area contributed by atoms with Gasteiger partial charge in [0.05, 0.1) is 36.3 Å². The standard InChI is InChI=1S/C28H33ClN2O5S/c1-35-19-7-8-22-20(17-19)26(21(29)18-30-22)23(32)9-10-28(27(33)34)11-13-31(14-12-28)15-16-37-25-6-4-3-5-24(25)36-2/h3-8,17-18,23,32H,9-16H2,1-2H3,(H,33,34)/t23-/m1/s1. The van der Waals surface area contributed by atoms with Crippen LogP contribution in [0, 0.1) is 5.41 Å². The van der Waals surface area contributed by atoms with Crippen molar-refractivity contribution in [2.45, 2.75) is 36.7 Å². The third-order valence-electron chi connectivity index (χ3n) is 7.30. The van der Waals surface area contributed by atoms with E-state index in [-0.39, 0.29) is 0 Å². The Morgan fingerprint density at radius 3 is 2.65 bits per heavy atom. The zero-order valence-electron chi connectivity index (χ0n) is 21.2. The van der Waals surface area contributed by atoms with E-state index in [9.17, 15) is 15.0 Å². The predicted molar refractivity (Wildman–Crippen MR) is 147 cm³/mol. The molecule has 0 saturated carbocycles. The van der Waals surface area contributed by atoms with Crippen molar-refractivity contribution < 1.29 is 24.5 Å². The van der Waals surface area contributed by atoms with Gasteiger partial charge in [0.1, 0.15) is 11.5 Å². The number of benzene rings is 2. The van der Waals surface area contributed by atoms with E-state index in [4.69, 9.17) is 21.1 Å². The Labute approximate surface area is 226 Å². The molecule has 0 amide bonds. The van der Waals surface area contributed by atoms with Gasteiger partial charge in [0, 0.05) is 34.3 Å². The number of methoxy groups -OCH3 is 2. The highest BCUT2D eigenvalue weighted by molar-refractivity contribution is 7.99. The minimum absolute atomic E-state index is 0.298. The van der Waals surface area contributed by atoms with Gasteiger partial charge in [-0.1, -0.05) is 23.7 Å². The predicted octanol–water partition coefficient (Wildman–Crippen LogP) is 5.68. The van der Waals surface area contributed by atoms with Crippen molar-refractivity contribution in [3.05, 3.63) is 59.2 Å². The molecule has 1 aliphatic heterocycles. The normalized spacial score (nSPS) is 16.4. The van der Waals surface area contributed by atoms with Crippen LogP contribution in [0.5, 0.6) is 11.5 Å². The van der Waals surface area contributed by atoms with E-state index in [1.54, 1.807) is 32.0 Å². The largest absolute Gasteiger partial charge is 0.497 e. The van der Waals surface area contributed by atoms with E-state index >= 15 is 0 Å². The molecule has 9 heteroatoms. The number of para-hydroxylation sites is 1. The number of thioether (sulfide) groups is 1. The number of aromatic nitrogens is 1. The van der Waals surface area contributed by atoms with Crippen LogP contribution in [0.15, 0.2) is 53.6 Å². The van der Waals surface area contributed by atoms with Crippen LogP contribution in [-0.2, 0) is 4.79 Å². The van der Waals surface area contributed by atoms with Crippen molar-refractivity contribution in [1.29, 1.82) is 0 Å². The fourth-order valence-electron chi connectivity index (χ4n) is 4.99. The molecule has 0 aliphatic carbocycles. The first-order valence-corrected chi connectivity index (χ1v) is 13.7. The Balaban J connectivity index is 1.37. The number of carbonyl (C=O) groups is 1. The van der Waals surface area contributed by atoms with Gasteiger partial charge in [-0.2, -0.15) is 0 Å². The number of carboxylic acids is 1. The molecule has 2 aromatic carbocycles. The number of rotatable bonds is 11. The van der Waals surface area contributed by atoms with E-state index < -0.39 is 17.5 Å². The van der Waals surface area contributed by atoms with E-state index in [1.807, 2.05) is 30.3 Å². The molecule has 1 atom stereocenters. The first-order valence-electron chi connectivity index (χ1n) is 12.4. The van der Waals surface area contributed by atoms with Crippen LogP contribution >= 0.6 is 23.4 Å². The van der Waals surface area contributed by atoms with Crippen LogP contribution in [0.2, 0.25) is 5.02 Å². The van der Waals surface area contributed by atoms with Gasteiger partial charge >= 0.3 is 5.97 Å². The number of fused-ring (bicyclic) bond motifs is 1. The number of aliphatic hydroxyl groups is 1. The lowest BCUT2D eigenvalue weighted by atomic mass is 9.74. The van der Waals surface area contributed by atoms with Crippen LogP contribution in [0.3, 0.4) is 0 Å².